The maximum Gasteiger partial charge on any atom is 0.243 e. The lowest BCUT2D eigenvalue weighted by molar-refractivity contribution is 0.383. The van der Waals surface area contributed by atoms with Crippen molar-refractivity contribution in [2.24, 2.45) is 0 Å². The van der Waals surface area contributed by atoms with Gasteiger partial charge in [-0.3, -0.25) is 10.1 Å². The van der Waals surface area contributed by atoms with E-state index in [1.165, 1.54) is 4.31 Å². The minimum atomic E-state index is -3.88. The van der Waals surface area contributed by atoms with E-state index in [2.05, 4.69) is 15.2 Å². The summed E-state index contributed by atoms with van der Waals surface area (Å²) < 4.78 is 53.1. The van der Waals surface area contributed by atoms with Crippen LogP contribution in [0.5, 0.6) is 0 Å². The zero-order valence-electron chi connectivity index (χ0n) is 14.7. The number of nitrogens with one attached hydrogen (secondary N) is 1. The summed E-state index contributed by atoms with van der Waals surface area (Å²) in [5.74, 6) is -1.54. The molecule has 0 unspecified atom stereocenters. The molecule has 1 N–H and O–H groups in total. The number of anilines is 1. The zero-order valence-corrected chi connectivity index (χ0v) is 15.5. The van der Waals surface area contributed by atoms with Gasteiger partial charge in [0.15, 0.2) is 17.5 Å². The van der Waals surface area contributed by atoms with Crippen LogP contribution in [0.4, 0.5) is 14.6 Å². The van der Waals surface area contributed by atoms with E-state index in [9.17, 15) is 17.2 Å². The highest BCUT2D eigenvalue weighted by molar-refractivity contribution is 7.89. The van der Waals surface area contributed by atoms with Crippen molar-refractivity contribution in [3.8, 4) is 11.3 Å². The third-order valence-corrected chi connectivity index (χ3v) is 6.54. The summed E-state index contributed by atoms with van der Waals surface area (Å²) in [4.78, 5) is 5.70. The Kier molecular flexibility index (Phi) is 4.82. The number of pyridine rings is 1. The van der Waals surface area contributed by atoms with Gasteiger partial charge in [0.2, 0.25) is 10.0 Å². The normalized spacial score (nSPS) is 15.7. The fourth-order valence-electron chi connectivity index (χ4n) is 3.10. The van der Waals surface area contributed by atoms with Crippen LogP contribution in [-0.4, -0.2) is 54.1 Å². The molecular formula is C18H17F2N5O2S. The molecule has 146 valence electrons. The number of hydrogen-bond acceptors (Lipinski definition) is 5. The molecule has 1 saturated heterocycles. The van der Waals surface area contributed by atoms with Gasteiger partial charge in [0.05, 0.1) is 10.6 Å². The van der Waals surface area contributed by atoms with Crippen LogP contribution < -0.4 is 4.90 Å². The van der Waals surface area contributed by atoms with E-state index < -0.39 is 21.7 Å². The Morgan fingerprint density at radius 2 is 1.64 bits per heavy atom. The lowest BCUT2D eigenvalue weighted by Gasteiger charge is -2.34. The second-order valence-corrected chi connectivity index (χ2v) is 8.28. The molecule has 1 aromatic carbocycles. The summed E-state index contributed by atoms with van der Waals surface area (Å²) in [7, 11) is -3.88. The Balaban J connectivity index is 1.46. The van der Waals surface area contributed by atoms with Gasteiger partial charge in [-0.15, -0.1) is 0 Å². The van der Waals surface area contributed by atoms with Gasteiger partial charge in [-0.1, -0.05) is 0 Å². The molecule has 0 atom stereocenters. The van der Waals surface area contributed by atoms with Crippen LogP contribution >= 0.6 is 0 Å². The first-order valence-electron chi connectivity index (χ1n) is 8.61. The predicted octanol–water partition coefficient (Wildman–Crippen LogP) is 2.26. The van der Waals surface area contributed by atoms with Gasteiger partial charge in [0.25, 0.3) is 0 Å². The van der Waals surface area contributed by atoms with E-state index in [0.29, 0.717) is 19.2 Å². The number of sulfonamides is 1. The summed E-state index contributed by atoms with van der Waals surface area (Å²) in [6.07, 6.45) is 3.38. The molecule has 3 aromatic rings. The summed E-state index contributed by atoms with van der Waals surface area (Å²) in [5.41, 5.74) is 1.79. The number of piperazine rings is 1. The second kappa shape index (κ2) is 7.28. The van der Waals surface area contributed by atoms with E-state index in [-0.39, 0.29) is 18.0 Å². The van der Waals surface area contributed by atoms with Gasteiger partial charge in [-0.2, -0.15) is 9.40 Å². The molecule has 3 heterocycles. The number of halogens is 2. The SMILES string of the molecule is O=S(=O)(c1ccc(F)c(F)c1)N1CCN(c2cc(-c3ccncc3)[nH]n2)CC1. The minimum Gasteiger partial charge on any atom is -0.352 e. The van der Waals surface area contributed by atoms with E-state index in [0.717, 1.165) is 29.2 Å². The summed E-state index contributed by atoms with van der Waals surface area (Å²) in [6.45, 7) is 1.31. The summed E-state index contributed by atoms with van der Waals surface area (Å²) in [6, 6.07) is 8.24. The van der Waals surface area contributed by atoms with Crippen LogP contribution in [-0.2, 0) is 10.0 Å². The standard InChI is InChI=1S/C18H17F2N5O2S/c19-15-2-1-14(11-16(15)20)28(26,27)25-9-7-24(8-10-25)18-12-17(22-23-18)13-3-5-21-6-4-13/h1-6,11-12H,7-10H2,(H,22,23). The third-order valence-electron chi connectivity index (χ3n) is 4.65. The van der Waals surface area contributed by atoms with Gasteiger partial charge in [-0.25, -0.2) is 17.2 Å². The minimum absolute atomic E-state index is 0.221. The lowest BCUT2D eigenvalue weighted by atomic mass is 10.2. The van der Waals surface area contributed by atoms with Crippen molar-refractivity contribution in [2.45, 2.75) is 4.90 Å². The van der Waals surface area contributed by atoms with Crippen molar-refractivity contribution in [2.75, 3.05) is 31.1 Å². The largest absolute Gasteiger partial charge is 0.352 e. The number of aromatic amines is 1. The number of benzene rings is 1. The van der Waals surface area contributed by atoms with Crippen molar-refractivity contribution in [1.82, 2.24) is 19.5 Å². The molecule has 10 heteroatoms. The van der Waals surface area contributed by atoms with Crippen LogP contribution in [0.2, 0.25) is 0 Å². The van der Waals surface area contributed by atoms with Gasteiger partial charge in [0.1, 0.15) is 0 Å². The van der Waals surface area contributed by atoms with Gasteiger partial charge >= 0.3 is 0 Å². The van der Waals surface area contributed by atoms with Crippen LogP contribution in [0.1, 0.15) is 0 Å². The number of rotatable bonds is 4. The summed E-state index contributed by atoms with van der Waals surface area (Å²) >= 11 is 0. The Morgan fingerprint density at radius 3 is 2.32 bits per heavy atom. The maximum absolute atomic E-state index is 13.4. The average molecular weight is 405 g/mol. The lowest BCUT2D eigenvalue weighted by Crippen LogP contribution is -2.48. The smallest absolute Gasteiger partial charge is 0.243 e. The number of hydrogen-bond donors (Lipinski definition) is 1. The number of nitrogens with zero attached hydrogens (tertiary/aromatic N) is 4. The fraction of sp³-hybridized carbons (Fsp3) is 0.222. The second-order valence-electron chi connectivity index (χ2n) is 6.34. The first-order chi connectivity index (χ1) is 13.4. The molecule has 1 fully saturated rings. The predicted molar refractivity (Wildman–Crippen MR) is 99.1 cm³/mol. The first-order valence-corrected chi connectivity index (χ1v) is 10.0. The summed E-state index contributed by atoms with van der Waals surface area (Å²) in [5, 5.41) is 7.27. The molecule has 0 amide bonds. The molecule has 4 rings (SSSR count). The first kappa shape index (κ1) is 18.5. The van der Waals surface area contributed by atoms with Gasteiger partial charge < -0.3 is 4.90 Å². The maximum atomic E-state index is 13.4. The molecule has 0 bridgehead atoms. The molecule has 2 aromatic heterocycles. The van der Waals surface area contributed by atoms with E-state index >= 15 is 0 Å². The Labute approximate surface area is 160 Å². The fourth-order valence-corrected chi connectivity index (χ4v) is 4.53. The number of H-pyrrole nitrogens is 1. The highest BCUT2D eigenvalue weighted by Gasteiger charge is 2.30. The van der Waals surface area contributed by atoms with Crippen LogP contribution in [0.25, 0.3) is 11.3 Å². The molecule has 0 radical (unpaired) electrons. The average Bonchev–Trinajstić information content (AvgIpc) is 3.21. The van der Waals surface area contributed by atoms with Crippen molar-refractivity contribution in [3.05, 3.63) is 60.4 Å². The zero-order chi connectivity index (χ0) is 19.7. The molecule has 0 spiro atoms. The molecule has 7 nitrogen and oxygen atoms in total. The van der Waals surface area contributed by atoms with Crippen LogP contribution in [0.3, 0.4) is 0 Å². The van der Waals surface area contributed by atoms with E-state index in [1.54, 1.807) is 12.4 Å². The monoisotopic (exact) mass is 405 g/mol. The third kappa shape index (κ3) is 3.48. The van der Waals surface area contributed by atoms with Gasteiger partial charge in [0, 0.05) is 50.2 Å². The quantitative estimate of drug-likeness (QED) is 0.720. The van der Waals surface area contributed by atoms with E-state index in [4.69, 9.17) is 0 Å². The van der Waals surface area contributed by atoms with Crippen molar-refractivity contribution in [3.63, 3.8) is 0 Å². The molecule has 0 saturated carbocycles. The Hall–Kier alpha value is -2.85. The number of aromatic nitrogens is 3. The van der Waals surface area contributed by atoms with Crippen molar-refractivity contribution in [1.29, 1.82) is 0 Å². The van der Waals surface area contributed by atoms with Gasteiger partial charge in [-0.05, 0) is 30.3 Å². The molecule has 1 aliphatic rings. The van der Waals surface area contributed by atoms with Crippen molar-refractivity contribution < 1.29 is 17.2 Å². The molecule has 0 aliphatic carbocycles. The van der Waals surface area contributed by atoms with Crippen LogP contribution in [0, 0.1) is 11.6 Å². The Bertz CT molecular complexity index is 1080. The molecular weight excluding hydrogens is 388 g/mol. The Morgan fingerprint density at radius 1 is 0.929 bits per heavy atom. The molecule has 28 heavy (non-hydrogen) atoms. The van der Waals surface area contributed by atoms with Crippen molar-refractivity contribution >= 4 is 15.8 Å². The van der Waals surface area contributed by atoms with Crippen LogP contribution in [0.15, 0.2) is 53.7 Å². The topological polar surface area (TPSA) is 82.2 Å². The highest BCUT2D eigenvalue weighted by atomic mass is 32.2. The highest BCUT2D eigenvalue weighted by Crippen LogP contribution is 2.24. The van der Waals surface area contributed by atoms with E-state index in [1.807, 2.05) is 23.1 Å². The molecule has 1 aliphatic heterocycles.